The molecule has 25 heavy (non-hydrogen) atoms. The van der Waals surface area contributed by atoms with Crippen LogP contribution in [-0.2, 0) is 25.4 Å². The molecule has 0 spiro atoms. The van der Waals surface area contributed by atoms with Gasteiger partial charge < -0.3 is 4.57 Å². The molecule has 3 nitrogen and oxygen atoms in total. The molecule has 0 atom stereocenters. The normalized spacial score (nSPS) is 16.3. The highest BCUT2D eigenvalue weighted by molar-refractivity contribution is 7.98. The van der Waals surface area contributed by atoms with Crippen molar-refractivity contribution < 1.29 is 13.2 Å². The Kier molecular flexibility index (Phi) is 5.71. The van der Waals surface area contributed by atoms with Crippen LogP contribution in [0.3, 0.4) is 0 Å². The number of aromatic nitrogens is 3. The SMILES string of the molecule is Cn1c(CC2CCCCC2)nnc1SCc1cccc(C(F)(F)F)c1. The Morgan fingerprint density at radius 1 is 1.16 bits per heavy atom. The Morgan fingerprint density at radius 3 is 2.64 bits per heavy atom. The minimum atomic E-state index is -4.31. The first-order chi connectivity index (χ1) is 11.9. The van der Waals surface area contributed by atoms with Crippen molar-refractivity contribution >= 4 is 11.8 Å². The number of halogens is 3. The first-order valence-electron chi connectivity index (χ1n) is 8.60. The number of rotatable bonds is 5. The zero-order valence-corrected chi connectivity index (χ0v) is 15.0. The molecule has 0 N–H and O–H groups in total. The minimum absolute atomic E-state index is 0.444. The van der Waals surface area contributed by atoms with E-state index in [1.165, 1.54) is 56.0 Å². The Balaban J connectivity index is 1.62. The van der Waals surface area contributed by atoms with Crippen LogP contribution < -0.4 is 0 Å². The average Bonchev–Trinajstić information content (AvgIpc) is 2.94. The van der Waals surface area contributed by atoms with Crippen LogP contribution in [0.1, 0.15) is 49.1 Å². The van der Waals surface area contributed by atoms with Gasteiger partial charge in [0.25, 0.3) is 0 Å². The lowest BCUT2D eigenvalue weighted by Gasteiger charge is -2.20. The highest BCUT2D eigenvalue weighted by Crippen LogP contribution is 2.31. The van der Waals surface area contributed by atoms with E-state index in [4.69, 9.17) is 0 Å². The van der Waals surface area contributed by atoms with Crippen molar-refractivity contribution in [3.63, 3.8) is 0 Å². The maximum atomic E-state index is 12.8. The molecule has 136 valence electrons. The zero-order valence-electron chi connectivity index (χ0n) is 14.2. The quantitative estimate of drug-likeness (QED) is 0.675. The van der Waals surface area contributed by atoms with Crippen molar-refractivity contribution in [2.75, 3.05) is 0 Å². The summed E-state index contributed by atoms with van der Waals surface area (Å²) in [4.78, 5) is 0. The molecular weight excluding hydrogens is 347 g/mol. The van der Waals surface area contributed by atoms with Crippen LogP contribution in [0, 0.1) is 5.92 Å². The van der Waals surface area contributed by atoms with E-state index in [1.807, 2.05) is 11.6 Å². The van der Waals surface area contributed by atoms with Crippen LogP contribution in [0.5, 0.6) is 0 Å². The summed E-state index contributed by atoms with van der Waals surface area (Å²) in [5, 5.41) is 9.27. The number of nitrogens with zero attached hydrogens (tertiary/aromatic N) is 3. The number of hydrogen-bond acceptors (Lipinski definition) is 3. The van der Waals surface area contributed by atoms with Gasteiger partial charge in [-0.2, -0.15) is 13.2 Å². The predicted octanol–water partition coefficient (Wildman–Crippen LogP) is 5.25. The molecule has 1 aromatic carbocycles. The van der Waals surface area contributed by atoms with Gasteiger partial charge in [-0.1, -0.05) is 62.1 Å². The number of alkyl halides is 3. The monoisotopic (exact) mass is 369 g/mol. The summed E-state index contributed by atoms with van der Waals surface area (Å²) >= 11 is 1.42. The molecule has 0 amide bonds. The molecular formula is C18H22F3N3S. The fraction of sp³-hybridized carbons (Fsp3) is 0.556. The second-order valence-electron chi connectivity index (χ2n) is 6.65. The molecule has 1 fully saturated rings. The van der Waals surface area contributed by atoms with Crippen molar-refractivity contribution in [1.82, 2.24) is 14.8 Å². The first kappa shape index (κ1) is 18.3. The smallest absolute Gasteiger partial charge is 0.309 e. The molecule has 1 saturated carbocycles. The summed E-state index contributed by atoms with van der Waals surface area (Å²) < 4.78 is 40.3. The Labute approximate surface area is 150 Å². The van der Waals surface area contributed by atoms with E-state index in [1.54, 1.807) is 6.07 Å². The van der Waals surface area contributed by atoms with E-state index < -0.39 is 11.7 Å². The van der Waals surface area contributed by atoms with Crippen molar-refractivity contribution in [2.24, 2.45) is 13.0 Å². The largest absolute Gasteiger partial charge is 0.416 e. The van der Waals surface area contributed by atoms with Gasteiger partial charge in [-0.15, -0.1) is 10.2 Å². The third kappa shape index (κ3) is 4.77. The van der Waals surface area contributed by atoms with E-state index in [-0.39, 0.29) is 0 Å². The van der Waals surface area contributed by atoms with Crippen LogP contribution in [0.15, 0.2) is 29.4 Å². The van der Waals surface area contributed by atoms with Crippen LogP contribution in [0.4, 0.5) is 13.2 Å². The zero-order chi connectivity index (χ0) is 17.9. The maximum Gasteiger partial charge on any atom is 0.416 e. The number of hydrogen-bond donors (Lipinski definition) is 0. The molecule has 1 aliphatic rings. The lowest BCUT2D eigenvalue weighted by molar-refractivity contribution is -0.137. The lowest BCUT2D eigenvalue weighted by Crippen LogP contribution is -2.12. The van der Waals surface area contributed by atoms with Gasteiger partial charge in [0.15, 0.2) is 5.16 Å². The Morgan fingerprint density at radius 2 is 1.92 bits per heavy atom. The van der Waals surface area contributed by atoms with Gasteiger partial charge >= 0.3 is 6.18 Å². The maximum absolute atomic E-state index is 12.8. The van der Waals surface area contributed by atoms with E-state index in [9.17, 15) is 13.2 Å². The highest BCUT2D eigenvalue weighted by Gasteiger charge is 2.30. The van der Waals surface area contributed by atoms with Gasteiger partial charge in [-0.05, 0) is 17.5 Å². The summed E-state index contributed by atoms with van der Waals surface area (Å²) in [6.07, 6.45) is 3.04. The molecule has 1 aromatic heterocycles. The predicted molar refractivity (Wildman–Crippen MR) is 92.3 cm³/mol. The van der Waals surface area contributed by atoms with Gasteiger partial charge in [0.2, 0.25) is 0 Å². The van der Waals surface area contributed by atoms with Crippen LogP contribution in [-0.4, -0.2) is 14.8 Å². The average molecular weight is 369 g/mol. The van der Waals surface area contributed by atoms with Crippen LogP contribution in [0.2, 0.25) is 0 Å². The second kappa shape index (κ2) is 7.81. The van der Waals surface area contributed by atoms with Crippen LogP contribution in [0.25, 0.3) is 0 Å². The Bertz CT molecular complexity index is 706. The van der Waals surface area contributed by atoms with Crippen molar-refractivity contribution in [2.45, 2.75) is 55.6 Å². The van der Waals surface area contributed by atoms with E-state index >= 15 is 0 Å². The van der Waals surface area contributed by atoms with E-state index in [0.717, 1.165) is 23.5 Å². The fourth-order valence-corrected chi connectivity index (χ4v) is 4.16. The second-order valence-corrected chi connectivity index (χ2v) is 7.60. The van der Waals surface area contributed by atoms with Crippen LogP contribution >= 0.6 is 11.8 Å². The van der Waals surface area contributed by atoms with Gasteiger partial charge in [-0.3, -0.25) is 0 Å². The van der Waals surface area contributed by atoms with Gasteiger partial charge in [0.1, 0.15) is 5.82 Å². The third-order valence-corrected chi connectivity index (χ3v) is 5.83. The first-order valence-corrected chi connectivity index (χ1v) is 9.59. The minimum Gasteiger partial charge on any atom is -0.309 e. The van der Waals surface area contributed by atoms with Crippen molar-refractivity contribution in [1.29, 1.82) is 0 Å². The summed E-state index contributed by atoms with van der Waals surface area (Å²) in [6, 6.07) is 5.45. The molecule has 3 rings (SSSR count). The molecule has 0 bridgehead atoms. The molecule has 0 unspecified atom stereocenters. The standard InChI is InChI=1S/C18H22F3N3S/c1-24-16(11-13-6-3-2-4-7-13)22-23-17(24)25-12-14-8-5-9-15(10-14)18(19,20)21/h5,8-10,13H,2-4,6-7,11-12H2,1H3. The summed E-state index contributed by atoms with van der Waals surface area (Å²) in [7, 11) is 1.94. The highest BCUT2D eigenvalue weighted by atomic mass is 32.2. The molecule has 0 saturated heterocycles. The van der Waals surface area contributed by atoms with Crippen molar-refractivity contribution in [3.05, 3.63) is 41.2 Å². The Hall–Kier alpha value is -1.50. The molecule has 2 aromatic rings. The molecule has 0 aliphatic heterocycles. The van der Waals surface area contributed by atoms with Gasteiger partial charge in [0.05, 0.1) is 5.56 Å². The molecule has 1 heterocycles. The van der Waals surface area contributed by atoms with E-state index in [2.05, 4.69) is 10.2 Å². The number of benzene rings is 1. The molecule has 0 radical (unpaired) electrons. The third-order valence-electron chi connectivity index (χ3n) is 4.74. The molecule has 1 aliphatic carbocycles. The van der Waals surface area contributed by atoms with Gasteiger partial charge in [0, 0.05) is 19.2 Å². The van der Waals surface area contributed by atoms with Gasteiger partial charge in [-0.25, -0.2) is 0 Å². The van der Waals surface area contributed by atoms with Crippen molar-refractivity contribution in [3.8, 4) is 0 Å². The topological polar surface area (TPSA) is 30.7 Å². The summed E-state index contributed by atoms with van der Waals surface area (Å²) in [5.41, 5.74) is 0.0261. The summed E-state index contributed by atoms with van der Waals surface area (Å²) in [6.45, 7) is 0. The molecule has 7 heteroatoms. The lowest BCUT2D eigenvalue weighted by atomic mass is 9.87. The number of thioether (sulfide) groups is 1. The summed E-state index contributed by atoms with van der Waals surface area (Å²) in [5.74, 6) is 2.09. The fourth-order valence-electron chi connectivity index (χ4n) is 3.28. The van der Waals surface area contributed by atoms with E-state index in [0.29, 0.717) is 17.2 Å².